The molecule has 0 aromatic heterocycles. The van der Waals surface area contributed by atoms with Gasteiger partial charge in [-0.05, 0) is 54.8 Å². The molecule has 106 valence electrons. The van der Waals surface area contributed by atoms with E-state index in [0.29, 0.717) is 11.1 Å². The van der Waals surface area contributed by atoms with E-state index in [1.807, 2.05) is 12.1 Å². The van der Waals surface area contributed by atoms with Gasteiger partial charge < -0.3 is 5.32 Å². The van der Waals surface area contributed by atoms with E-state index in [2.05, 4.69) is 31.3 Å². The Labute approximate surface area is 124 Å². The maximum atomic E-state index is 13.4. The smallest absolute Gasteiger partial charge is 0.125 e. The van der Waals surface area contributed by atoms with Crippen LogP contribution in [0, 0.1) is 5.82 Å². The Morgan fingerprint density at radius 1 is 1.10 bits per heavy atom. The second kappa shape index (κ2) is 6.87. The number of benzene rings is 2. The summed E-state index contributed by atoms with van der Waals surface area (Å²) in [5.41, 5.74) is 3.00. The number of rotatable bonds is 5. The summed E-state index contributed by atoms with van der Waals surface area (Å²) >= 11 is 5.89. The highest BCUT2D eigenvalue weighted by molar-refractivity contribution is 6.30. The van der Waals surface area contributed by atoms with Gasteiger partial charge in [0.05, 0.1) is 0 Å². The van der Waals surface area contributed by atoms with E-state index in [0.717, 1.165) is 24.1 Å². The van der Waals surface area contributed by atoms with Crippen LogP contribution < -0.4 is 5.32 Å². The van der Waals surface area contributed by atoms with Gasteiger partial charge in [-0.15, -0.1) is 0 Å². The zero-order chi connectivity index (χ0) is 14.5. The second-order valence-corrected chi connectivity index (χ2v) is 5.39. The van der Waals surface area contributed by atoms with Crippen LogP contribution in [-0.2, 0) is 0 Å². The summed E-state index contributed by atoms with van der Waals surface area (Å²) in [6, 6.07) is 13.1. The Morgan fingerprint density at radius 2 is 1.80 bits per heavy atom. The molecule has 0 aliphatic carbocycles. The van der Waals surface area contributed by atoms with Crippen LogP contribution in [0.4, 0.5) is 4.39 Å². The molecule has 0 aliphatic rings. The van der Waals surface area contributed by atoms with Crippen molar-refractivity contribution >= 4 is 11.6 Å². The van der Waals surface area contributed by atoms with Gasteiger partial charge in [-0.2, -0.15) is 0 Å². The highest BCUT2D eigenvalue weighted by Gasteiger charge is 2.06. The van der Waals surface area contributed by atoms with Crippen molar-refractivity contribution in [3.05, 3.63) is 58.9 Å². The first-order valence-electron chi connectivity index (χ1n) is 6.90. The van der Waals surface area contributed by atoms with Crippen LogP contribution in [0.2, 0.25) is 5.02 Å². The topological polar surface area (TPSA) is 12.0 Å². The Morgan fingerprint density at radius 3 is 2.40 bits per heavy atom. The number of nitrogens with one attached hydrogen (secondary N) is 1. The zero-order valence-electron chi connectivity index (χ0n) is 11.8. The molecule has 1 unspecified atom stereocenters. The quantitative estimate of drug-likeness (QED) is 0.797. The lowest BCUT2D eigenvalue weighted by molar-refractivity contribution is 0.571. The molecule has 1 atom stereocenters. The lowest BCUT2D eigenvalue weighted by Gasteiger charge is -2.14. The van der Waals surface area contributed by atoms with E-state index in [1.54, 1.807) is 6.07 Å². The minimum atomic E-state index is -0.311. The third-order valence-electron chi connectivity index (χ3n) is 3.31. The van der Waals surface area contributed by atoms with E-state index in [4.69, 9.17) is 11.6 Å². The Hall–Kier alpha value is -1.38. The number of halogens is 2. The monoisotopic (exact) mass is 291 g/mol. The van der Waals surface area contributed by atoms with Crippen LogP contribution in [0.15, 0.2) is 42.5 Å². The molecular weight excluding hydrogens is 273 g/mol. The molecule has 2 rings (SSSR count). The van der Waals surface area contributed by atoms with Crippen LogP contribution >= 0.6 is 11.6 Å². The van der Waals surface area contributed by atoms with Gasteiger partial charge >= 0.3 is 0 Å². The summed E-state index contributed by atoms with van der Waals surface area (Å²) < 4.78 is 13.4. The van der Waals surface area contributed by atoms with Gasteiger partial charge in [-0.25, -0.2) is 4.39 Å². The molecule has 0 aliphatic heterocycles. The minimum absolute atomic E-state index is 0.311. The van der Waals surface area contributed by atoms with Crippen molar-refractivity contribution in [3.8, 4) is 11.1 Å². The van der Waals surface area contributed by atoms with E-state index in [-0.39, 0.29) is 5.82 Å². The fourth-order valence-corrected chi connectivity index (χ4v) is 2.39. The van der Waals surface area contributed by atoms with Crippen molar-refractivity contribution in [2.75, 3.05) is 6.54 Å². The number of hydrogen-bond acceptors (Lipinski definition) is 1. The summed E-state index contributed by atoms with van der Waals surface area (Å²) in [7, 11) is 0. The fourth-order valence-electron chi connectivity index (χ4n) is 2.16. The van der Waals surface area contributed by atoms with Crippen LogP contribution in [0.25, 0.3) is 11.1 Å². The molecule has 1 N–H and O–H groups in total. The van der Waals surface area contributed by atoms with Crippen LogP contribution in [0.3, 0.4) is 0 Å². The molecular formula is C17H19ClFN. The van der Waals surface area contributed by atoms with Gasteiger partial charge in [0, 0.05) is 11.1 Å². The molecule has 20 heavy (non-hydrogen) atoms. The van der Waals surface area contributed by atoms with Crippen LogP contribution in [0.5, 0.6) is 0 Å². The van der Waals surface area contributed by atoms with Gasteiger partial charge in [-0.3, -0.25) is 0 Å². The maximum absolute atomic E-state index is 13.4. The predicted octanol–water partition coefficient (Wildman–Crippen LogP) is 5.21. The Bertz CT molecular complexity index is 545. The minimum Gasteiger partial charge on any atom is -0.310 e. The molecule has 1 nitrogen and oxygen atoms in total. The first-order chi connectivity index (χ1) is 9.60. The molecule has 0 saturated carbocycles. The van der Waals surface area contributed by atoms with Gasteiger partial charge in [0.1, 0.15) is 5.82 Å². The molecule has 0 radical (unpaired) electrons. The molecule has 0 saturated heterocycles. The Kier molecular flexibility index (Phi) is 5.16. The summed E-state index contributed by atoms with van der Waals surface area (Å²) in [5.74, 6) is -0.311. The van der Waals surface area contributed by atoms with Crippen LogP contribution in [-0.4, -0.2) is 6.54 Å². The predicted molar refractivity (Wildman–Crippen MR) is 83.6 cm³/mol. The van der Waals surface area contributed by atoms with Crippen molar-refractivity contribution in [2.24, 2.45) is 0 Å². The molecule has 0 bridgehead atoms. The summed E-state index contributed by atoms with van der Waals surface area (Å²) in [6.45, 7) is 5.29. The van der Waals surface area contributed by atoms with Gasteiger partial charge in [0.25, 0.3) is 0 Å². The Balaban J connectivity index is 2.19. The van der Waals surface area contributed by atoms with Gasteiger partial charge in [0.2, 0.25) is 0 Å². The molecule has 3 heteroatoms. The largest absolute Gasteiger partial charge is 0.310 e. The van der Waals surface area contributed by atoms with E-state index in [1.165, 1.54) is 17.7 Å². The van der Waals surface area contributed by atoms with Crippen molar-refractivity contribution in [3.63, 3.8) is 0 Å². The average Bonchev–Trinajstić information content (AvgIpc) is 2.44. The molecule has 0 fully saturated rings. The third kappa shape index (κ3) is 3.81. The van der Waals surface area contributed by atoms with E-state index < -0.39 is 0 Å². The van der Waals surface area contributed by atoms with Gasteiger partial charge in [-0.1, -0.05) is 42.8 Å². The summed E-state index contributed by atoms with van der Waals surface area (Å²) in [6.07, 6.45) is 1.12. The molecule has 0 heterocycles. The lowest BCUT2D eigenvalue weighted by Crippen LogP contribution is -2.19. The lowest BCUT2D eigenvalue weighted by atomic mass is 10.0. The normalized spacial score (nSPS) is 12.4. The van der Waals surface area contributed by atoms with Crippen molar-refractivity contribution in [1.29, 1.82) is 0 Å². The SMILES string of the molecule is CCCNC(C)c1ccc(-c2cc(F)cc(Cl)c2)cc1. The molecule has 0 amide bonds. The van der Waals surface area contributed by atoms with Crippen molar-refractivity contribution in [1.82, 2.24) is 5.32 Å². The molecule has 0 spiro atoms. The zero-order valence-corrected chi connectivity index (χ0v) is 12.5. The van der Waals surface area contributed by atoms with E-state index in [9.17, 15) is 4.39 Å². The first kappa shape index (κ1) is 15.0. The second-order valence-electron chi connectivity index (χ2n) is 4.96. The third-order valence-corrected chi connectivity index (χ3v) is 3.53. The molecule has 2 aromatic carbocycles. The first-order valence-corrected chi connectivity index (χ1v) is 7.27. The van der Waals surface area contributed by atoms with Gasteiger partial charge in [0.15, 0.2) is 0 Å². The number of hydrogen-bond donors (Lipinski definition) is 1. The van der Waals surface area contributed by atoms with Crippen LogP contribution in [0.1, 0.15) is 31.9 Å². The van der Waals surface area contributed by atoms with E-state index >= 15 is 0 Å². The summed E-state index contributed by atoms with van der Waals surface area (Å²) in [4.78, 5) is 0. The summed E-state index contributed by atoms with van der Waals surface area (Å²) in [5, 5.41) is 3.86. The highest BCUT2D eigenvalue weighted by Crippen LogP contribution is 2.25. The average molecular weight is 292 g/mol. The standard InChI is InChI=1S/C17H19ClFN/c1-3-8-20-12(2)13-4-6-14(7-5-13)15-9-16(18)11-17(19)10-15/h4-7,9-12,20H,3,8H2,1-2H3. The van der Waals surface area contributed by atoms with Crippen molar-refractivity contribution in [2.45, 2.75) is 26.3 Å². The maximum Gasteiger partial charge on any atom is 0.125 e. The highest BCUT2D eigenvalue weighted by atomic mass is 35.5. The fraction of sp³-hybridized carbons (Fsp3) is 0.294. The van der Waals surface area contributed by atoms with Crippen molar-refractivity contribution < 1.29 is 4.39 Å². The molecule has 2 aromatic rings.